The third kappa shape index (κ3) is 4.90. The molecule has 0 bridgehead atoms. The molecule has 21 heavy (non-hydrogen) atoms. The quantitative estimate of drug-likeness (QED) is 0.811. The number of methoxy groups -OCH3 is 1. The molecule has 1 unspecified atom stereocenters. The van der Waals surface area contributed by atoms with Crippen LogP contribution in [0.4, 0.5) is 0 Å². The lowest BCUT2D eigenvalue weighted by atomic mass is 10.1. The van der Waals surface area contributed by atoms with E-state index in [0.717, 1.165) is 31.7 Å². The zero-order chi connectivity index (χ0) is 15.2. The molecule has 4 nitrogen and oxygen atoms in total. The Balaban J connectivity index is 2.02. The van der Waals surface area contributed by atoms with Crippen molar-refractivity contribution in [1.82, 2.24) is 10.2 Å². The van der Waals surface area contributed by atoms with Crippen molar-refractivity contribution < 1.29 is 9.84 Å². The fourth-order valence-electron chi connectivity index (χ4n) is 2.99. The molecule has 1 aromatic rings. The van der Waals surface area contributed by atoms with Gasteiger partial charge in [-0.3, -0.25) is 4.90 Å². The number of rotatable bonds is 7. The molecule has 0 aliphatic carbocycles. The van der Waals surface area contributed by atoms with E-state index in [1.54, 1.807) is 13.2 Å². The summed E-state index contributed by atoms with van der Waals surface area (Å²) in [6, 6.07) is 6.15. The molecule has 1 saturated heterocycles. The molecule has 0 amide bonds. The SMILES string of the molecule is COc1ccc(CN(CC(C)C)CC2CCCN2)c(O)c1. The molecule has 2 rings (SSSR count). The predicted octanol–water partition coefficient (Wildman–Crippen LogP) is 2.61. The van der Waals surface area contributed by atoms with Gasteiger partial charge in [0, 0.05) is 37.3 Å². The number of phenols is 1. The summed E-state index contributed by atoms with van der Waals surface area (Å²) in [5, 5.41) is 13.7. The van der Waals surface area contributed by atoms with Crippen LogP contribution in [-0.4, -0.2) is 42.8 Å². The van der Waals surface area contributed by atoms with Crippen molar-refractivity contribution >= 4 is 0 Å². The molecular weight excluding hydrogens is 264 g/mol. The van der Waals surface area contributed by atoms with Crippen LogP contribution in [0.1, 0.15) is 32.3 Å². The molecular formula is C17H28N2O2. The summed E-state index contributed by atoms with van der Waals surface area (Å²) >= 11 is 0. The number of nitrogens with zero attached hydrogens (tertiary/aromatic N) is 1. The number of hydrogen-bond acceptors (Lipinski definition) is 4. The maximum absolute atomic E-state index is 10.1. The first-order valence-electron chi connectivity index (χ1n) is 7.90. The minimum atomic E-state index is 0.322. The van der Waals surface area contributed by atoms with E-state index in [1.807, 2.05) is 12.1 Å². The van der Waals surface area contributed by atoms with Crippen LogP contribution in [0.15, 0.2) is 18.2 Å². The molecule has 1 aromatic carbocycles. The van der Waals surface area contributed by atoms with Gasteiger partial charge in [-0.25, -0.2) is 0 Å². The minimum absolute atomic E-state index is 0.322. The van der Waals surface area contributed by atoms with Gasteiger partial charge in [-0.2, -0.15) is 0 Å². The Bertz CT molecular complexity index is 442. The van der Waals surface area contributed by atoms with Crippen molar-refractivity contribution in [2.75, 3.05) is 26.7 Å². The first kappa shape index (κ1) is 16.1. The van der Waals surface area contributed by atoms with Crippen LogP contribution in [0.5, 0.6) is 11.5 Å². The van der Waals surface area contributed by atoms with E-state index in [2.05, 4.69) is 24.1 Å². The van der Waals surface area contributed by atoms with Crippen LogP contribution in [0, 0.1) is 5.92 Å². The summed E-state index contributed by atoms with van der Waals surface area (Å²) in [5.41, 5.74) is 0.967. The van der Waals surface area contributed by atoms with E-state index < -0.39 is 0 Å². The van der Waals surface area contributed by atoms with Crippen molar-refractivity contribution in [3.05, 3.63) is 23.8 Å². The summed E-state index contributed by atoms with van der Waals surface area (Å²) in [5.74, 6) is 1.64. The smallest absolute Gasteiger partial charge is 0.123 e. The van der Waals surface area contributed by atoms with Crippen LogP contribution in [0.2, 0.25) is 0 Å². The number of phenolic OH excluding ortho intramolecular Hbond substituents is 1. The maximum Gasteiger partial charge on any atom is 0.123 e. The van der Waals surface area contributed by atoms with E-state index in [1.165, 1.54) is 12.8 Å². The second-order valence-corrected chi connectivity index (χ2v) is 6.38. The van der Waals surface area contributed by atoms with E-state index >= 15 is 0 Å². The Morgan fingerprint density at radius 1 is 1.43 bits per heavy atom. The third-order valence-corrected chi connectivity index (χ3v) is 3.95. The van der Waals surface area contributed by atoms with Crippen LogP contribution in [0.25, 0.3) is 0 Å². The van der Waals surface area contributed by atoms with Crippen molar-refractivity contribution in [3.8, 4) is 11.5 Å². The van der Waals surface area contributed by atoms with Crippen LogP contribution in [0.3, 0.4) is 0 Å². The topological polar surface area (TPSA) is 44.7 Å². The molecule has 4 heteroatoms. The molecule has 0 aromatic heterocycles. The van der Waals surface area contributed by atoms with Gasteiger partial charge < -0.3 is 15.2 Å². The largest absolute Gasteiger partial charge is 0.507 e. The highest BCUT2D eigenvalue weighted by Crippen LogP contribution is 2.25. The first-order valence-corrected chi connectivity index (χ1v) is 7.90. The molecule has 1 atom stereocenters. The van der Waals surface area contributed by atoms with Crippen LogP contribution >= 0.6 is 0 Å². The third-order valence-electron chi connectivity index (χ3n) is 3.95. The van der Waals surface area contributed by atoms with Crippen molar-refractivity contribution in [3.63, 3.8) is 0 Å². The van der Waals surface area contributed by atoms with Crippen molar-refractivity contribution in [1.29, 1.82) is 0 Å². The number of benzene rings is 1. The van der Waals surface area contributed by atoms with Gasteiger partial charge in [0.2, 0.25) is 0 Å². The normalized spacial score (nSPS) is 18.6. The molecule has 1 fully saturated rings. The highest BCUT2D eigenvalue weighted by molar-refractivity contribution is 5.39. The summed E-state index contributed by atoms with van der Waals surface area (Å²) in [7, 11) is 1.62. The molecule has 0 spiro atoms. The fourth-order valence-corrected chi connectivity index (χ4v) is 2.99. The van der Waals surface area contributed by atoms with Gasteiger partial charge in [0.1, 0.15) is 11.5 Å². The monoisotopic (exact) mass is 292 g/mol. The average Bonchev–Trinajstić information content (AvgIpc) is 2.93. The fraction of sp³-hybridized carbons (Fsp3) is 0.647. The maximum atomic E-state index is 10.1. The Morgan fingerprint density at radius 2 is 2.24 bits per heavy atom. The number of hydrogen-bond donors (Lipinski definition) is 2. The van der Waals surface area contributed by atoms with Crippen LogP contribution < -0.4 is 10.1 Å². The first-order chi connectivity index (χ1) is 10.1. The predicted molar refractivity (Wildman–Crippen MR) is 85.8 cm³/mol. The summed E-state index contributed by atoms with van der Waals surface area (Å²) in [4.78, 5) is 2.44. The van der Waals surface area contributed by atoms with E-state index in [0.29, 0.717) is 23.5 Å². The number of ether oxygens (including phenoxy) is 1. The number of nitrogens with one attached hydrogen (secondary N) is 1. The second-order valence-electron chi connectivity index (χ2n) is 6.38. The van der Waals surface area contributed by atoms with Crippen molar-refractivity contribution in [2.24, 2.45) is 5.92 Å². The molecule has 2 N–H and O–H groups in total. The van der Waals surface area contributed by atoms with E-state index in [4.69, 9.17) is 4.74 Å². The highest BCUT2D eigenvalue weighted by Gasteiger charge is 2.19. The van der Waals surface area contributed by atoms with E-state index in [-0.39, 0.29) is 0 Å². The second kappa shape index (κ2) is 7.66. The molecule has 1 aliphatic rings. The molecule has 1 heterocycles. The zero-order valence-electron chi connectivity index (χ0n) is 13.4. The van der Waals surface area contributed by atoms with Gasteiger partial charge in [0.15, 0.2) is 0 Å². The highest BCUT2D eigenvalue weighted by atomic mass is 16.5. The summed E-state index contributed by atoms with van der Waals surface area (Å²) in [6.07, 6.45) is 2.52. The lowest BCUT2D eigenvalue weighted by Crippen LogP contribution is -2.38. The van der Waals surface area contributed by atoms with E-state index in [9.17, 15) is 5.11 Å². The Labute approximate surface area is 128 Å². The van der Waals surface area contributed by atoms with Crippen molar-refractivity contribution in [2.45, 2.75) is 39.3 Å². The Kier molecular flexibility index (Phi) is 5.88. The lowest BCUT2D eigenvalue weighted by molar-refractivity contribution is 0.214. The standard InChI is InChI=1S/C17H28N2O2/c1-13(2)10-19(12-15-5-4-8-18-15)11-14-6-7-16(21-3)9-17(14)20/h6-7,9,13,15,18,20H,4-5,8,10-12H2,1-3H3. The van der Waals surface area contributed by atoms with Gasteiger partial charge >= 0.3 is 0 Å². The minimum Gasteiger partial charge on any atom is -0.507 e. The van der Waals surface area contributed by atoms with Crippen LogP contribution in [-0.2, 0) is 6.54 Å². The van der Waals surface area contributed by atoms with Gasteiger partial charge in [0.25, 0.3) is 0 Å². The molecule has 1 aliphatic heterocycles. The molecule has 118 valence electrons. The molecule has 0 radical (unpaired) electrons. The number of aromatic hydroxyl groups is 1. The lowest BCUT2D eigenvalue weighted by Gasteiger charge is -2.27. The van der Waals surface area contributed by atoms with Gasteiger partial charge in [-0.15, -0.1) is 0 Å². The average molecular weight is 292 g/mol. The van der Waals surface area contributed by atoms with Gasteiger partial charge in [0.05, 0.1) is 7.11 Å². The van der Waals surface area contributed by atoms with Gasteiger partial charge in [-0.1, -0.05) is 19.9 Å². The van der Waals surface area contributed by atoms with Gasteiger partial charge in [-0.05, 0) is 31.4 Å². The zero-order valence-corrected chi connectivity index (χ0v) is 13.4. The Hall–Kier alpha value is -1.26. The Morgan fingerprint density at radius 3 is 2.81 bits per heavy atom. The summed E-state index contributed by atoms with van der Waals surface area (Å²) in [6.45, 7) is 8.49. The molecule has 0 saturated carbocycles. The summed E-state index contributed by atoms with van der Waals surface area (Å²) < 4.78 is 5.14.